The predicted molar refractivity (Wildman–Crippen MR) is 88.8 cm³/mol. The number of likely N-dealkylation sites (tertiary alicyclic amines) is 1. The molecule has 2 aromatic rings. The number of rotatable bonds is 3. The molecule has 2 aromatic carbocycles. The van der Waals surface area contributed by atoms with Gasteiger partial charge in [0.2, 0.25) is 0 Å². The minimum atomic E-state index is -0.0363. The van der Waals surface area contributed by atoms with Gasteiger partial charge in [0, 0.05) is 25.6 Å². The van der Waals surface area contributed by atoms with E-state index in [0.29, 0.717) is 18.0 Å². The van der Waals surface area contributed by atoms with Crippen molar-refractivity contribution in [2.75, 3.05) is 13.1 Å². The summed E-state index contributed by atoms with van der Waals surface area (Å²) >= 11 is 0. The second kappa shape index (κ2) is 6.97. The first-order valence-electron chi connectivity index (χ1n) is 7.83. The Morgan fingerprint density at radius 3 is 2.83 bits per heavy atom. The molecule has 1 atom stereocenters. The summed E-state index contributed by atoms with van der Waals surface area (Å²) in [5.41, 5.74) is 2.85. The summed E-state index contributed by atoms with van der Waals surface area (Å²) in [6.07, 6.45) is 1.00. The summed E-state index contributed by atoms with van der Waals surface area (Å²) in [5.74, 6) is 0.420. The monoisotopic (exact) mass is 305 g/mol. The third kappa shape index (κ3) is 3.70. The molecule has 116 valence electrons. The van der Waals surface area contributed by atoms with Gasteiger partial charge in [-0.15, -0.1) is 0 Å². The number of hydrogen-bond donors (Lipinski definition) is 1. The Balaban J connectivity index is 1.54. The molecule has 0 aromatic heterocycles. The largest absolute Gasteiger partial charge is 0.334 e. The third-order valence-corrected chi connectivity index (χ3v) is 4.25. The maximum absolute atomic E-state index is 12.3. The summed E-state index contributed by atoms with van der Waals surface area (Å²) in [6, 6.07) is 19.7. The lowest BCUT2D eigenvalue weighted by molar-refractivity contribution is 0.208. The molecule has 0 unspecified atom stereocenters. The van der Waals surface area contributed by atoms with Gasteiger partial charge in [0.25, 0.3) is 0 Å². The van der Waals surface area contributed by atoms with Crippen LogP contribution in [0.5, 0.6) is 0 Å². The van der Waals surface area contributed by atoms with Crippen LogP contribution in [0.3, 0.4) is 0 Å². The predicted octanol–water partition coefficient (Wildman–Crippen LogP) is 3.26. The van der Waals surface area contributed by atoms with E-state index in [0.717, 1.165) is 25.1 Å². The maximum atomic E-state index is 12.3. The highest BCUT2D eigenvalue weighted by molar-refractivity contribution is 5.74. The molecule has 1 aliphatic rings. The molecule has 4 nitrogen and oxygen atoms in total. The van der Waals surface area contributed by atoms with Gasteiger partial charge in [-0.3, -0.25) is 0 Å². The summed E-state index contributed by atoms with van der Waals surface area (Å²) < 4.78 is 0. The summed E-state index contributed by atoms with van der Waals surface area (Å²) in [5, 5.41) is 11.8. The number of amides is 2. The van der Waals surface area contributed by atoms with Gasteiger partial charge in [0.1, 0.15) is 0 Å². The van der Waals surface area contributed by atoms with Crippen molar-refractivity contribution in [1.29, 1.82) is 5.26 Å². The number of urea groups is 1. The maximum Gasteiger partial charge on any atom is 0.317 e. The van der Waals surface area contributed by atoms with Gasteiger partial charge in [-0.1, -0.05) is 42.5 Å². The first-order valence-corrected chi connectivity index (χ1v) is 7.83. The van der Waals surface area contributed by atoms with Crippen molar-refractivity contribution in [3.05, 3.63) is 71.3 Å². The Hall–Kier alpha value is -2.80. The highest BCUT2D eigenvalue weighted by atomic mass is 16.2. The van der Waals surface area contributed by atoms with Crippen LogP contribution in [0.2, 0.25) is 0 Å². The molecule has 2 amide bonds. The van der Waals surface area contributed by atoms with Crippen molar-refractivity contribution in [2.24, 2.45) is 0 Å². The standard InChI is InChI=1S/C19H19N3O/c20-12-15-5-4-6-16(11-15)13-21-19(23)22-10-9-18(14-22)17-7-2-1-3-8-17/h1-8,11,18H,9-10,13-14H2,(H,21,23)/t18-/m0/s1. The fourth-order valence-electron chi connectivity index (χ4n) is 2.98. The van der Waals surface area contributed by atoms with E-state index in [1.165, 1.54) is 5.56 Å². The second-order valence-corrected chi connectivity index (χ2v) is 5.81. The first-order chi connectivity index (χ1) is 11.3. The number of carbonyl (C=O) groups is 1. The third-order valence-electron chi connectivity index (χ3n) is 4.25. The molecule has 0 bridgehead atoms. The first kappa shape index (κ1) is 15.1. The quantitative estimate of drug-likeness (QED) is 0.946. The van der Waals surface area contributed by atoms with E-state index in [-0.39, 0.29) is 6.03 Å². The minimum absolute atomic E-state index is 0.0363. The number of nitrogens with one attached hydrogen (secondary N) is 1. The number of carbonyl (C=O) groups excluding carboxylic acids is 1. The van der Waals surface area contributed by atoms with Crippen molar-refractivity contribution < 1.29 is 4.79 Å². The fraction of sp³-hybridized carbons (Fsp3) is 0.263. The summed E-state index contributed by atoms with van der Waals surface area (Å²) in [6.45, 7) is 1.98. The van der Waals surface area contributed by atoms with E-state index in [1.807, 2.05) is 35.2 Å². The van der Waals surface area contributed by atoms with E-state index in [1.54, 1.807) is 12.1 Å². The summed E-state index contributed by atoms with van der Waals surface area (Å²) in [4.78, 5) is 14.2. The highest BCUT2D eigenvalue weighted by Gasteiger charge is 2.26. The fourth-order valence-corrected chi connectivity index (χ4v) is 2.98. The number of nitrogens with zero attached hydrogens (tertiary/aromatic N) is 2. The van der Waals surface area contributed by atoms with E-state index < -0.39 is 0 Å². The Labute approximate surface area is 136 Å². The van der Waals surface area contributed by atoms with Gasteiger partial charge in [-0.2, -0.15) is 5.26 Å². The Morgan fingerprint density at radius 1 is 1.22 bits per heavy atom. The van der Waals surface area contributed by atoms with Crippen LogP contribution in [0.25, 0.3) is 0 Å². The van der Waals surface area contributed by atoms with Crippen LogP contribution >= 0.6 is 0 Å². The Bertz CT molecular complexity index is 721. The van der Waals surface area contributed by atoms with E-state index in [4.69, 9.17) is 5.26 Å². The van der Waals surface area contributed by atoms with Gasteiger partial charge in [0.15, 0.2) is 0 Å². The highest BCUT2D eigenvalue weighted by Crippen LogP contribution is 2.26. The van der Waals surface area contributed by atoms with E-state index >= 15 is 0 Å². The average molecular weight is 305 g/mol. The SMILES string of the molecule is N#Cc1cccc(CNC(=O)N2CC[C@H](c3ccccc3)C2)c1. The van der Waals surface area contributed by atoms with Gasteiger partial charge < -0.3 is 10.2 Å². The molecule has 1 N–H and O–H groups in total. The van der Waals surface area contributed by atoms with E-state index in [9.17, 15) is 4.79 Å². The van der Waals surface area contributed by atoms with Gasteiger partial charge in [0.05, 0.1) is 11.6 Å². The second-order valence-electron chi connectivity index (χ2n) is 5.81. The average Bonchev–Trinajstić information content (AvgIpc) is 3.11. The molecule has 1 fully saturated rings. The molecular formula is C19H19N3O. The zero-order valence-corrected chi connectivity index (χ0v) is 12.9. The van der Waals surface area contributed by atoms with Crippen LogP contribution in [-0.2, 0) is 6.54 Å². The molecule has 23 heavy (non-hydrogen) atoms. The van der Waals surface area contributed by atoms with Gasteiger partial charge >= 0.3 is 6.03 Å². The van der Waals surface area contributed by atoms with Crippen molar-refractivity contribution in [1.82, 2.24) is 10.2 Å². The molecule has 1 aliphatic heterocycles. The minimum Gasteiger partial charge on any atom is -0.334 e. The van der Waals surface area contributed by atoms with Crippen LogP contribution in [0.4, 0.5) is 4.79 Å². The summed E-state index contributed by atoms with van der Waals surface area (Å²) in [7, 11) is 0. The molecule has 1 heterocycles. The lowest BCUT2D eigenvalue weighted by atomic mass is 9.99. The molecule has 3 rings (SSSR count). The van der Waals surface area contributed by atoms with Crippen molar-refractivity contribution >= 4 is 6.03 Å². The van der Waals surface area contributed by atoms with Crippen LogP contribution in [-0.4, -0.2) is 24.0 Å². The van der Waals surface area contributed by atoms with Gasteiger partial charge in [-0.05, 0) is 29.7 Å². The van der Waals surface area contributed by atoms with Crippen LogP contribution in [0.1, 0.15) is 29.0 Å². The topological polar surface area (TPSA) is 56.1 Å². The smallest absolute Gasteiger partial charge is 0.317 e. The Morgan fingerprint density at radius 2 is 2.04 bits per heavy atom. The van der Waals surface area contributed by atoms with Crippen molar-refractivity contribution in [3.8, 4) is 6.07 Å². The van der Waals surface area contributed by atoms with Crippen LogP contribution in [0.15, 0.2) is 54.6 Å². The zero-order valence-electron chi connectivity index (χ0n) is 12.9. The van der Waals surface area contributed by atoms with Gasteiger partial charge in [-0.25, -0.2) is 4.79 Å². The molecule has 0 spiro atoms. The van der Waals surface area contributed by atoms with Crippen molar-refractivity contribution in [3.63, 3.8) is 0 Å². The number of benzene rings is 2. The molecule has 4 heteroatoms. The zero-order chi connectivity index (χ0) is 16.1. The molecule has 0 radical (unpaired) electrons. The Kier molecular flexibility index (Phi) is 4.58. The van der Waals surface area contributed by atoms with Crippen LogP contribution < -0.4 is 5.32 Å². The number of nitriles is 1. The molecule has 1 saturated heterocycles. The van der Waals surface area contributed by atoms with Crippen molar-refractivity contribution in [2.45, 2.75) is 18.9 Å². The molecule has 0 aliphatic carbocycles. The lowest BCUT2D eigenvalue weighted by Gasteiger charge is -2.17. The van der Waals surface area contributed by atoms with E-state index in [2.05, 4.69) is 23.5 Å². The van der Waals surface area contributed by atoms with Crippen LogP contribution in [0, 0.1) is 11.3 Å². The molecule has 0 saturated carbocycles. The molecular weight excluding hydrogens is 286 g/mol. The normalized spacial score (nSPS) is 16.8. The number of hydrogen-bond acceptors (Lipinski definition) is 2. The lowest BCUT2D eigenvalue weighted by Crippen LogP contribution is -2.37.